The number of benzene rings is 2. The fourth-order valence-corrected chi connectivity index (χ4v) is 2.99. The molecule has 1 atom stereocenters. The molecule has 0 aliphatic carbocycles. The second-order valence-electron chi connectivity index (χ2n) is 6.88. The van der Waals surface area contributed by atoms with Crippen molar-refractivity contribution in [2.45, 2.75) is 39.3 Å². The monoisotopic (exact) mass is 375 g/mol. The zero-order valence-electron chi connectivity index (χ0n) is 15.3. The van der Waals surface area contributed by atoms with E-state index >= 15 is 0 Å². The molecule has 2 aromatic carbocycles. The van der Waals surface area contributed by atoms with Crippen molar-refractivity contribution < 1.29 is 19.0 Å². The molecule has 6 heteroatoms. The third-order valence-electron chi connectivity index (χ3n) is 4.29. The van der Waals surface area contributed by atoms with Crippen molar-refractivity contribution in [3.05, 3.63) is 52.5 Å². The van der Waals surface area contributed by atoms with Gasteiger partial charge in [-0.05, 0) is 63.1 Å². The summed E-state index contributed by atoms with van der Waals surface area (Å²) in [5, 5.41) is 3.50. The van der Waals surface area contributed by atoms with Crippen LogP contribution in [0.2, 0.25) is 5.02 Å². The molecule has 1 aliphatic rings. The Hall–Kier alpha value is -2.40. The van der Waals surface area contributed by atoms with E-state index < -0.39 is 11.6 Å². The van der Waals surface area contributed by atoms with E-state index in [1.807, 2.05) is 45.0 Å². The summed E-state index contributed by atoms with van der Waals surface area (Å²) in [6.07, 6.45) is -0.691. The first-order valence-corrected chi connectivity index (χ1v) is 8.79. The third kappa shape index (κ3) is 3.88. The van der Waals surface area contributed by atoms with Crippen molar-refractivity contribution in [3.63, 3.8) is 0 Å². The molecule has 0 fully saturated rings. The zero-order valence-corrected chi connectivity index (χ0v) is 16.0. The SMILES string of the molecule is Cc1ccc(OC(C)C(=O)NC(C)(C)c2ccc3c(c2)OCO3)c(Cl)c1. The maximum atomic E-state index is 12.6. The van der Waals surface area contributed by atoms with Gasteiger partial charge in [-0.3, -0.25) is 4.79 Å². The first kappa shape index (κ1) is 18.4. The van der Waals surface area contributed by atoms with Gasteiger partial charge in [-0.2, -0.15) is 0 Å². The summed E-state index contributed by atoms with van der Waals surface area (Å²) in [7, 11) is 0. The van der Waals surface area contributed by atoms with Gasteiger partial charge in [0.2, 0.25) is 6.79 Å². The third-order valence-corrected chi connectivity index (χ3v) is 4.59. The van der Waals surface area contributed by atoms with Crippen LogP contribution < -0.4 is 19.5 Å². The van der Waals surface area contributed by atoms with Gasteiger partial charge in [-0.15, -0.1) is 0 Å². The number of carbonyl (C=O) groups is 1. The van der Waals surface area contributed by atoms with E-state index in [2.05, 4.69) is 5.32 Å². The number of ether oxygens (including phenoxy) is 3. The number of halogens is 1. The predicted molar refractivity (Wildman–Crippen MR) is 100 cm³/mol. The number of rotatable bonds is 5. The fraction of sp³-hybridized carbons (Fsp3) is 0.350. The normalized spacial score (nSPS) is 14.0. The van der Waals surface area contributed by atoms with Gasteiger partial charge >= 0.3 is 0 Å². The van der Waals surface area contributed by atoms with Crippen LogP contribution in [-0.4, -0.2) is 18.8 Å². The first-order valence-electron chi connectivity index (χ1n) is 8.41. The summed E-state index contributed by atoms with van der Waals surface area (Å²) < 4.78 is 16.5. The Morgan fingerprint density at radius 2 is 1.92 bits per heavy atom. The summed E-state index contributed by atoms with van der Waals surface area (Å²) in [5.41, 5.74) is 1.34. The summed E-state index contributed by atoms with van der Waals surface area (Å²) in [5.74, 6) is 1.65. The molecule has 1 heterocycles. The minimum Gasteiger partial charge on any atom is -0.479 e. The highest BCUT2D eigenvalue weighted by Crippen LogP contribution is 2.35. The lowest BCUT2D eigenvalue weighted by Crippen LogP contribution is -2.46. The van der Waals surface area contributed by atoms with Crippen LogP contribution in [0.1, 0.15) is 31.9 Å². The Bertz CT molecular complexity index is 835. The summed E-state index contributed by atoms with van der Waals surface area (Å²) >= 11 is 6.18. The van der Waals surface area contributed by atoms with Crippen molar-refractivity contribution in [3.8, 4) is 17.2 Å². The Morgan fingerprint density at radius 3 is 2.65 bits per heavy atom. The van der Waals surface area contributed by atoms with Crippen LogP contribution in [0.15, 0.2) is 36.4 Å². The summed E-state index contributed by atoms with van der Waals surface area (Å²) in [6, 6.07) is 11.1. The van der Waals surface area contributed by atoms with Crippen molar-refractivity contribution in [2.24, 2.45) is 0 Å². The molecule has 0 saturated carbocycles. The molecule has 0 spiro atoms. The Kier molecular flexibility index (Phi) is 5.01. The molecule has 1 unspecified atom stereocenters. The van der Waals surface area contributed by atoms with Gasteiger partial charge in [0.1, 0.15) is 5.75 Å². The second-order valence-corrected chi connectivity index (χ2v) is 7.28. The molecule has 0 aromatic heterocycles. The van der Waals surface area contributed by atoms with Gasteiger partial charge in [0.15, 0.2) is 17.6 Å². The Morgan fingerprint density at radius 1 is 1.19 bits per heavy atom. The van der Waals surface area contributed by atoms with Gasteiger partial charge in [-0.25, -0.2) is 0 Å². The zero-order chi connectivity index (χ0) is 18.9. The van der Waals surface area contributed by atoms with Crippen LogP contribution in [0.5, 0.6) is 17.2 Å². The number of hydrogen-bond acceptors (Lipinski definition) is 4. The van der Waals surface area contributed by atoms with Crippen molar-refractivity contribution >= 4 is 17.5 Å². The van der Waals surface area contributed by atoms with E-state index in [0.29, 0.717) is 22.3 Å². The van der Waals surface area contributed by atoms with Crippen LogP contribution in [-0.2, 0) is 10.3 Å². The van der Waals surface area contributed by atoms with Gasteiger partial charge in [0.05, 0.1) is 10.6 Å². The lowest BCUT2D eigenvalue weighted by atomic mass is 9.93. The maximum absolute atomic E-state index is 12.6. The summed E-state index contributed by atoms with van der Waals surface area (Å²) in [6.45, 7) is 7.71. The van der Waals surface area contributed by atoms with Gasteiger partial charge in [0, 0.05) is 0 Å². The standard InChI is InChI=1S/C20H22ClNO4/c1-12-5-7-16(15(21)9-12)26-13(2)19(23)22-20(3,4)14-6-8-17-18(10-14)25-11-24-17/h5-10,13H,11H2,1-4H3,(H,22,23). The van der Waals surface area contributed by atoms with Crippen molar-refractivity contribution in [2.75, 3.05) is 6.79 Å². The van der Waals surface area contributed by atoms with Crippen LogP contribution in [0.25, 0.3) is 0 Å². The van der Waals surface area contributed by atoms with Crippen LogP contribution in [0.4, 0.5) is 0 Å². The molecular formula is C20H22ClNO4. The molecule has 5 nitrogen and oxygen atoms in total. The highest BCUT2D eigenvalue weighted by atomic mass is 35.5. The van der Waals surface area contributed by atoms with Gasteiger partial charge < -0.3 is 19.5 Å². The maximum Gasteiger partial charge on any atom is 0.261 e. The topological polar surface area (TPSA) is 56.8 Å². The van der Waals surface area contributed by atoms with Crippen molar-refractivity contribution in [1.82, 2.24) is 5.32 Å². The van der Waals surface area contributed by atoms with E-state index in [1.165, 1.54) is 0 Å². The molecule has 0 bridgehead atoms. The molecule has 138 valence electrons. The lowest BCUT2D eigenvalue weighted by molar-refractivity contribution is -0.129. The van der Waals surface area contributed by atoms with E-state index in [0.717, 1.165) is 11.1 Å². The van der Waals surface area contributed by atoms with Crippen molar-refractivity contribution in [1.29, 1.82) is 0 Å². The van der Waals surface area contributed by atoms with Gasteiger partial charge in [0.25, 0.3) is 5.91 Å². The highest BCUT2D eigenvalue weighted by Gasteiger charge is 2.28. The minimum atomic E-state index is -0.691. The minimum absolute atomic E-state index is 0.216. The van der Waals surface area contributed by atoms with Crippen LogP contribution in [0, 0.1) is 6.92 Å². The molecule has 1 amide bonds. The lowest BCUT2D eigenvalue weighted by Gasteiger charge is -2.29. The fourth-order valence-electron chi connectivity index (χ4n) is 2.71. The quantitative estimate of drug-likeness (QED) is 0.851. The largest absolute Gasteiger partial charge is 0.479 e. The molecule has 0 radical (unpaired) electrons. The molecule has 26 heavy (non-hydrogen) atoms. The Labute approximate surface area is 158 Å². The van der Waals surface area contributed by atoms with E-state index in [9.17, 15) is 4.79 Å². The average Bonchev–Trinajstić information content (AvgIpc) is 3.04. The smallest absolute Gasteiger partial charge is 0.261 e. The van der Waals surface area contributed by atoms with Crippen LogP contribution in [0.3, 0.4) is 0 Å². The van der Waals surface area contributed by atoms with Gasteiger partial charge in [-0.1, -0.05) is 23.7 Å². The number of fused-ring (bicyclic) bond motifs is 1. The number of nitrogens with one attached hydrogen (secondary N) is 1. The molecule has 2 aromatic rings. The molecule has 1 N–H and O–H groups in total. The highest BCUT2D eigenvalue weighted by molar-refractivity contribution is 6.32. The Balaban J connectivity index is 1.69. The predicted octanol–water partition coefficient (Wildman–Crippen LogP) is 4.20. The molecule has 1 aliphatic heterocycles. The number of amides is 1. The number of hydrogen-bond donors (Lipinski definition) is 1. The summed E-state index contributed by atoms with van der Waals surface area (Å²) in [4.78, 5) is 12.6. The molecule has 3 rings (SSSR count). The first-order chi connectivity index (χ1) is 12.3. The average molecular weight is 376 g/mol. The van der Waals surface area contributed by atoms with Crippen LogP contribution >= 0.6 is 11.6 Å². The van der Waals surface area contributed by atoms with E-state index in [1.54, 1.807) is 19.1 Å². The molecule has 0 saturated heterocycles. The second kappa shape index (κ2) is 7.08. The number of aryl methyl sites for hydroxylation is 1. The van der Waals surface area contributed by atoms with E-state index in [4.69, 9.17) is 25.8 Å². The van der Waals surface area contributed by atoms with E-state index in [-0.39, 0.29) is 12.7 Å². The number of carbonyl (C=O) groups excluding carboxylic acids is 1. The molecular weight excluding hydrogens is 354 g/mol.